The summed E-state index contributed by atoms with van der Waals surface area (Å²) in [6.07, 6.45) is 0. The van der Waals surface area contributed by atoms with E-state index in [0.717, 1.165) is 0 Å². The van der Waals surface area contributed by atoms with Crippen LogP contribution in [0, 0.1) is 5.82 Å². The molecule has 0 spiro atoms. The second kappa shape index (κ2) is 5.65. The van der Waals surface area contributed by atoms with E-state index in [-0.39, 0.29) is 11.7 Å². The van der Waals surface area contributed by atoms with Crippen molar-refractivity contribution in [3.63, 3.8) is 0 Å². The van der Waals surface area contributed by atoms with Crippen LogP contribution < -0.4 is 10.1 Å². The highest BCUT2D eigenvalue weighted by atomic mass is 19.1. The normalized spacial score (nSPS) is 10.6. The van der Waals surface area contributed by atoms with E-state index in [1.54, 1.807) is 31.3 Å². The molecule has 0 atom stereocenters. The molecule has 0 amide bonds. The standard InChI is InChI=1S/C14H16FN3O/c1-9(2)14-17-12(16-3)8-13(18-14)19-11-7-5-4-6-10(11)15/h4-9H,1-3H3,(H,16,17,18). The molecule has 0 radical (unpaired) electrons. The van der Waals surface area contributed by atoms with Gasteiger partial charge in [-0.1, -0.05) is 26.0 Å². The molecule has 1 heterocycles. The number of hydrogen-bond acceptors (Lipinski definition) is 4. The van der Waals surface area contributed by atoms with Gasteiger partial charge in [-0.15, -0.1) is 0 Å². The Morgan fingerprint density at radius 1 is 1.21 bits per heavy atom. The van der Waals surface area contributed by atoms with Crippen LogP contribution in [0.2, 0.25) is 0 Å². The van der Waals surface area contributed by atoms with Crippen molar-refractivity contribution in [2.75, 3.05) is 12.4 Å². The van der Waals surface area contributed by atoms with Gasteiger partial charge in [0.1, 0.15) is 11.6 Å². The van der Waals surface area contributed by atoms with E-state index < -0.39 is 5.82 Å². The van der Waals surface area contributed by atoms with E-state index in [1.165, 1.54) is 6.07 Å². The summed E-state index contributed by atoms with van der Waals surface area (Å²) >= 11 is 0. The van der Waals surface area contributed by atoms with E-state index in [0.29, 0.717) is 17.5 Å². The summed E-state index contributed by atoms with van der Waals surface area (Å²) in [6.45, 7) is 3.98. The second-order valence-corrected chi connectivity index (χ2v) is 4.39. The van der Waals surface area contributed by atoms with Gasteiger partial charge in [0.15, 0.2) is 11.6 Å². The first-order valence-corrected chi connectivity index (χ1v) is 6.09. The van der Waals surface area contributed by atoms with Crippen LogP contribution in [0.25, 0.3) is 0 Å². The van der Waals surface area contributed by atoms with Gasteiger partial charge < -0.3 is 10.1 Å². The maximum Gasteiger partial charge on any atom is 0.224 e. The molecule has 0 fully saturated rings. The van der Waals surface area contributed by atoms with Gasteiger partial charge >= 0.3 is 0 Å². The van der Waals surface area contributed by atoms with E-state index in [9.17, 15) is 4.39 Å². The zero-order chi connectivity index (χ0) is 13.8. The highest BCUT2D eigenvalue weighted by molar-refractivity contribution is 5.40. The predicted octanol–water partition coefficient (Wildman–Crippen LogP) is 3.57. The summed E-state index contributed by atoms with van der Waals surface area (Å²) in [5.74, 6) is 1.52. The molecule has 0 saturated heterocycles. The Bertz CT molecular complexity index is 572. The average molecular weight is 261 g/mol. The molecular formula is C14H16FN3O. The Morgan fingerprint density at radius 3 is 2.58 bits per heavy atom. The van der Waals surface area contributed by atoms with Crippen molar-refractivity contribution in [2.45, 2.75) is 19.8 Å². The number of hydrogen-bond donors (Lipinski definition) is 1. The number of anilines is 1. The average Bonchev–Trinajstić information content (AvgIpc) is 2.41. The predicted molar refractivity (Wildman–Crippen MR) is 72.1 cm³/mol. The van der Waals surface area contributed by atoms with Gasteiger partial charge in [0.05, 0.1) is 0 Å². The fraction of sp³-hybridized carbons (Fsp3) is 0.286. The van der Waals surface area contributed by atoms with Crippen molar-refractivity contribution in [3.05, 3.63) is 42.0 Å². The molecule has 100 valence electrons. The minimum Gasteiger partial charge on any atom is -0.436 e. The topological polar surface area (TPSA) is 47.0 Å². The number of rotatable bonds is 4. The van der Waals surface area contributed by atoms with Crippen LogP contribution in [-0.4, -0.2) is 17.0 Å². The van der Waals surface area contributed by atoms with Crippen molar-refractivity contribution in [1.82, 2.24) is 9.97 Å². The number of aromatic nitrogens is 2. The van der Waals surface area contributed by atoms with Crippen molar-refractivity contribution in [3.8, 4) is 11.6 Å². The number of halogens is 1. The van der Waals surface area contributed by atoms with Gasteiger partial charge in [0.2, 0.25) is 5.88 Å². The molecule has 0 aliphatic rings. The molecule has 1 aromatic carbocycles. The maximum atomic E-state index is 13.5. The molecule has 2 aromatic rings. The summed E-state index contributed by atoms with van der Waals surface area (Å²) in [5, 5.41) is 2.94. The van der Waals surface area contributed by atoms with Crippen molar-refractivity contribution < 1.29 is 9.13 Å². The van der Waals surface area contributed by atoms with E-state index in [2.05, 4.69) is 15.3 Å². The molecule has 0 bridgehead atoms. The number of nitrogens with zero attached hydrogens (tertiary/aromatic N) is 2. The van der Waals surface area contributed by atoms with Crippen molar-refractivity contribution in [1.29, 1.82) is 0 Å². The second-order valence-electron chi connectivity index (χ2n) is 4.39. The summed E-state index contributed by atoms with van der Waals surface area (Å²) in [4.78, 5) is 8.60. The molecular weight excluding hydrogens is 245 g/mol. The third-order valence-corrected chi connectivity index (χ3v) is 2.54. The van der Waals surface area contributed by atoms with E-state index >= 15 is 0 Å². The highest BCUT2D eigenvalue weighted by Gasteiger charge is 2.10. The largest absolute Gasteiger partial charge is 0.436 e. The Kier molecular flexibility index (Phi) is 3.94. The van der Waals surface area contributed by atoms with Crippen molar-refractivity contribution in [2.24, 2.45) is 0 Å². The molecule has 1 N–H and O–H groups in total. The number of para-hydroxylation sites is 1. The quantitative estimate of drug-likeness (QED) is 0.914. The molecule has 19 heavy (non-hydrogen) atoms. The monoisotopic (exact) mass is 261 g/mol. The summed E-state index contributed by atoms with van der Waals surface area (Å²) in [5.41, 5.74) is 0. The van der Waals surface area contributed by atoms with Crippen LogP contribution in [0.15, 0.2) is 30.3 Å². The minimum atomic E-state index is -0.418. The fourth-order valence-electron chi connectivity index (χ4n) is 1.52. The van der Waals surface area contributed by atoms with Crippen LogP contribution in [0.5, 0.6) is 11.6 Å². The van der Waals surface area contributed by atoms with E-state index in [4.69, 9.17) is 4.74 Å². The molecule has 0 aliphatic heterocycles. The van der Waals surface area contributed by atoms with Crippen molar-refractivity contribution >= 4 is 5.82 Å². The molecule has 0 saturated carbocycles. The smallest absolute Gasteiger partial charge is 0.224 e. The molecule has 4 nitrogen and oxygen atoms in total. The Balaban J connectivity index is 2.34. The Hall–Kier alpha value is -2.17. The minimum absolute atomic E-state index is 0.151. The van der Waals surface area contributed by atoms with Gasteiger partial charge in [0, 0.05) is 19.0 Å². The molecule has 0 aliphatic carbocycles. The SMILES string of the molecule is CNc1cc(Oc2ccccc2F)nc(C(C)C)n1. The Morgan fingerprint density at radius 2 is 1.95 bits per heavy atom. The maximum absolute atomic E-state index is 13.5. The van der Waals surface area contributed by atoms with Crippen LogP contribution in [0.3, 0.4) is 0 Å². The van der Waals surface area contributed by atoms with Crippen LogP contribution >= 0.6 is 0 Å². The van der Waals surface area contributed by atoms with Gasteiger partial charge in [-0.05, 0) is 12.1 Å². The lowest BCUT2D eigenvalue weighted by Crippen LogP contribution is -2.03. The number of nitrogens with one attached hydrogen (secondary N) is 1. The summed E-state index contributed by atoms with van der Waals surface area (Å²) in [6, 6.07) is 7.87. The van der Waals surface area contributed by atoms with Crippen LogP contribution in [0.1, 0.15) is 25.6 Å². The summed E-state index contributed by atoms with van der Waals surface area (Å²) in [7, 11) is 1.76. The third kappa shape index (κ3) is 3.19. The first-order chi connectivity index (χ1) is 9.10. The Labute approximate surface area is 111 Å². The first kappa shape index (κ1) is 13.3. The zero-order valence-electron chi connectivity index (χ0n) is 11.1. The number of benzene rings is 1. The lowest BCUT2D eigenvalue weighted by atomic mass is 10.2. The summed E-state index contributed by atoms with van der Waals surface area (Å²) < 4.78 is 19.0. The lowest BCUT2D eigenvalue weighted by molar-refractivity contribution is 0.424. The van der Waals surface area contributed by atoms with Gasteiger partial charge in [0.25, 0.3) is 0 Å². The highest BCUT2D eigenvalue weighted by Crippen LogP contribution is 2.25. The molecule has 1 aromatic heterocycles. The van der Waals surface area contributed by atoms with Gasteiger partial charge in [-0.25, -0.2) is 9.37 Å². The number of ether oxygens (including phenoxy) is 1. The molecule has 2 rings (SSSR count). The van der Waals surface area contributed by atoms with Crippen LogP contribution in [0.4, 0.5) is 10.2 Å². The molecule has 0 unspecified atom stereocenters. The van der Waals surface area contributed by atoms with E-state index in [1.807, 2.05) is 13.8 Å². The molecule has 5 heteroatoms. The van der Waals surface area contributed by atoms with Gasteiger partial charge in [-0.3, -0.25) is 0 Å². The van der Waals surface area contributed by atoms with Gasteiger partial charge in [-0.2, -0.15) is 4.98 Å². The lowest BCUT2D eigenvalue weighted by Gasteiger charge is -2.11. The first-order valence-electron chi connectivity index (χ1n) is 6.09. The zero-order valence-corrected chi connectivity index (χ0v) is 11.1. The fourth-order valence-corrected chi connectivity index (χ4v) is 1.52. The third-order valence-electron chi connectivity index (χ3n) is 2.54. The van der Waals surface area contributed by atoms with Crippen LogP contribution in [-0.2, 0) is 0 Å².